The van der Waals surface area contributed by atoms with Gasteiger partial charge in [-0.2, -0.15) is 0 Å². The second-order valence-corrected chi connectivity index (χ2v) is 7.21. The van der Waals surface area contributed by atoms with E-state index < -0.39 is 0 Å². The van der Waals surface area contributed by atoms with E-state index in [0.29, 0.717) is 6.61 Å². The van der Waals surface area contributed by atoms with Gasteiger partial charge in [0.25, 0.3) is 0 Å². The normalized spacial score (nSPS) is 15.8. The Kier molecular flexibility index (Phi) is 7.34. The van der Waals surface area contributed by atoms with Gasteiger partial charge in [-0.15, -0.1) is 0 Å². The average Bonchev–Trinajstić information content (AvgIpc) is 3.14. The van der Waals surface area contributed by atoms with Gasteiger partial charge >= 0.3 is 5.97 Å². The minimum absolute atomic E-state index is 0.0287. The summed E-state index contributed by atoms with van der Waals surface area (Å²) >= 11 is 0. The van der Waals surface area contributed by atoms with Crippen molar-refractivity contribution in [1.29, 1.82) is 0 Å². The lowest BCUT2D eigenvalue weighted by molar-refractivity contribution is -0.149. The molecule has 2 heterocycles. The van der Waals surface area contributed by atoms with E-state index in [1.165, 1.54) is 16.5 Å². The summed E-state index contributed by atoms with van der Waals surface area (Å²) in [5, 5.41) is 4.70. The van der Waals surface area contributed by atoms with Crippen LogP contribution in [-0.2, 0) is 16.0 Å². The van der Waals surface area contributed by atoms with Crippen LogP contribution in [0.1, 0.15) is 38.7 Å². The van der Waals surface area contributed by atoms with Crippen LogP contribution in [-0.4, -0.2) is 54.6 Å². The van der Waals surface area contributed by atoms with Crippen LogP contribution in [0, 0.1) is 5.92 Å². The van der Waals surface area contributed by atoms with E-state index >= 15 is 0 Å². The zero-order valence-electron chi connectivity index (χ0n) is 17.0. The van der Waals surface area contributed by atoms with E-state index in [-0.39, 0.29) is 11.9 Å². The van der Waals surface area contributed by atoms with E-state index in [9.17, 15) is 4.79 Å². The van der Waals surface area contributed by atoms with Crippen molar-refractivity contribution in [2.24, 2.45) is 10.9 Å². The Hall–Kier alpha value is -2.50. The van der Waals surface area contributed by atoms with E-state index in [1.54, 1.807) is 0 Å². The number of guanidine groups is 1. The number of H-pyrrole nitrogens is 1. The lowest BCUT2D eigenvalue weighted by Crippen LogP contribution is -2.46. The molecule has 1 saturated heterocycles. The molecule has 0 bridgehead atoms. The summed E-state index contributed by atoms with van der Waals surface area (Å²) in [6.07, 6.45) is 5.80. The molecule has 1 aliphatic rings. The summed E-state index contributed by atoms with van der Waals surface area (Å²) < 4.78 is 5.16. The summed E-state index contributed by atoms with van der Waals surface area (Å²) in [7, 11) is 0. The molecule has 0 saturated carbocycles. The smallest absolute Gasteiger partial charge is 0.309 e. The monoisotopic (exact) mass is 384 g/mol. The minimum atomic E-state index is -0.0529. The number of ether oxygens (including phenoxy) is 1. The molecule has 28 heavy (non-hydrogen) atoms. The van der Waals surface area contributed by atoms with Crippen molar-refractivity contribution in [2.75, 3.05) is 32.8 Å². The molecule has 2 N–H and O–H groups in total. The third kappa shape index (κ3) is 5.06. The molecule has 0 radical (unpaired) electrons. The van der Waals surface area contributed by atoms with Crippen molar-refractivity contribution in [2.45, 2.75) is 39.5 Å². The summed E-state index contributed by atoms with van der Waals surface area (Å²) in [6, 6.07) is 8.42. The molecule has 0 spiro atoms. The number of aromatic nitrogens is 1. The van der Waals surface area contributed by atoms with Crippen molar-refractivity contribution in [3.63, 3.8) is 0 Å². The van der Waals surface area contributed by atoms with E-state index in [4.69, 9.17) is 9.73 Å². The number of nitrogens with zero attached hydrogens (tertiary/aromatic N) is 2. The first-order chi connectivity index (χ1) is 13.7. The molecule has 0 unspecified atom stereocenters. The number of aryl methyl sites for hydroxylation is 1. The van der Waals surface area contributed by atoms with Crippen LogP contribution in [0.4, 0.5) is 0 Å². The number of carbonyl (C=O) groups is 1. The summed E-state index contributed by atoms with van der Waals surface area (Å²) in [5.41, 5.74) is 2.55. The van der Waals surface area contributed by atoms with Gasteiger partial charge in [0.1, 0.15) is 0 Å². The van der Waals surface area contributed by atoms with Gasteiger partial charge in [-0.3, -0.25) is 9.79 Å². The standard InChI is InChI=1S/C22H32N4O2/c1-3-23-22(26-14-11-17(12-15-26)21(27)28-4-2)24-13-7-8-18-16-25-20-10-6-5-9-19(18)20/h5-6,9-10,16-17,25H,3-4,7-8,11-15H2,1-2H3,(H,23,24). The summed E-state index contributed by atoms with van der Waals surface area (Å²) in [6.45, 7) is 7.74. The zero-order chi connectivity index (χ0) is 19.8. The van der Waals surface area contributed by atoms with Crippen LogP contribution < -0.4 is 5.32 Å². The van der Waals surface area contributed by atoms with Crippen molar-refractivity contribution in [1.82, 2.24) is 15.2 Å². The number of para-hydroxylation sites is 1. The third-order valence-electron chi connectivity index (χ3n) is 5.29. The quantitative estimate of drug-likeness (QED) is 0.332. The Morgan fingerprint density at radius 1 is 1.29 bits per heavy atom. The second-order valence-electron chi connectivity index (χ2n) is 7.21. The van der Waals surface area contributed by atoms with Crippen molar-refractivity contribution in [3.05, 3.63) is 36.0 Å². The molecular weight excluding hydrogens is 352 g/mol. The number of fused-ring (bicyclic) bond motifs is 1. The topological polar surface area (TPSA) is 69.7 Å². The van der Waals surface area contributed by atoms with Crippen molar-refractivity contribution < 1.29 is 9.53 Å². The number of hydrogen-bond acceptors (Lipinski definition) is 3. The molecule has 152 valence electrons. The molecule has 6 heteroatoms. The number of benzene rings is 1. The highest BCUT2D eigenvalue weighted by Crippen LogP contribution is 2.20. The fourth-order valence-electron chi connectivity index (χ4n) is 3.81. The molecule has 2 aromatic rings. The van der Waals surface area contributed by atoms with Crippen LogP contribution in [0.15, 0.2) is 35.5 Å². The van der Waals surface area contributed by atoms with Crippen LogP contribution >= 0.6 is 0 Å². The second kappa shape index (κ2) is 10.2. The van der Waals surface area contributed by atoms with Gasteiger partial charge < -0.3 is 19.9 Å². The van der Waals surface area contributed by atoms with Crippen LogP contribution in [0.3, 0.4) is 0 Å². The Balaban J connectivity index is 1.51. The van der Waals surface area contributed by atoms with Crippen molar-refractivity contribution in [3.8, 4) is 0 Å². The Morgan fingerprint density at radius 2 is 2.07 bits per heavy atom. The Bertz CT molecular complexity index is 791. The molecule has 6 nitrogen and oxygen atoms in total. The van der Waals surface area contributed by atoms with Crippen LogP contribution in [0.2, 0.25) is 0 Å². The maximum absolute atomic E-state index is 11.9. The first kappa shape index (κ1) is 20.2. The minimum Gasteiger partial charge on any atom is -0.466 e. The summed E-state index contributed by atoms with van der Waals surface area (Å²) in [5.74, 6) is 0.938. The number of hydrogen-bond donors (Lipinski definition) is 2. The highest BCUT2D eigenvalue weighted by Gasteiger charge is 2.27. The van der Waals surface area contributed by atoms with Gasteiger partial charge in [-0.05, 0) is 51.2 Å². The van der Waals surface area contributed by atoms with Crippen molar-refractivity contribution >= 4 is 22.8 Å². The number of aliphatic imine (C=N–C) groups is 1. The highest BCUT2D eigenvalue weighted by atomic mass is 16.5. The Labute approximate surface area is 167 Å². The predicted molar refractivity (Wildman–Crippen MR) is 114 cm³/mol. The lowest BCUT2D eigenvalue weighted by atomic mass is 9.97. The van der Waals surface area contributed by atoms with Gasteiger partial charge in [0.15, 0.2) is 5.96 Å². The average molecular weight is 385 g/mol. The fraction of sp³-hybridized carbons (Fsp3) is 0.545. The Morgan fingerprint density at radius 3 is 2.82 bits per heavy atom. The number of rotatable bonds is 7. The molecule has 0 amide bonds. The van der Waals surface area contributed by atoms with E-state index in [0.717, 1.165) is 57.8 Å². The molecule has 0 atom stereocenters. The van der Waals surface area contributed by atoms with Crippen LogP contribution in [0.25, 0.3) is 10.9 Å². The molecule has 1 fully saturated rings. The SMILES string of the molecule is CCNC(=NCCCc1c[nH]c2ccccc12)N1CCC(C(=O)OCC)CC1. The van der Waals surface area contributed by atoms with Gasteiger partial charge in [-0.25, -0.2) is 0 Å². The largest absolute Gasteiger partial charge is 0.466 e. The van der Waals surface area contributed by atoms with Gasteiger partial charge in [0.2, 0.25) is 0 Å². The van der Waals surface area contributed by atoms with Crippen LogP contribution in [0.5, 0.6) is 0 Å². The number of piperidine rings is 1. The first-order valence-corrected chi connectivity index (χ1v) is 10.5. The van der Waals surface area contributed by atoms with Gasteiger partial charge in [0, 0.05) is 43.3 Å². The number of aromatic amines is 1. The summed E-state index contributed by atoms with van der Waals surface area (Å²) in [4.78, 5) is 22.4. The van der Waals surface area contributed by atoms with Gasteiger partial charge in [-0.1, -0.05) is 18.2 Å². The highest BCUT2D eigenvalue weighted by molar-refractivity contribution is 5.83. The molecule has 3 rings (SSSR count). The fourth-order valence-corrected chi connectivity index (χ4v) is 3.81. The number of nitrogens with one attached hydrogen (secondary N) is 2. The number of esters is 1. The van der Waals surface area contributed by atoms with Gasteiger partial charge in [0.05, 0.1) is 12.5 Å². The molecule has 0 aliphatic carbocycles. The first-order valence-electron chi connectivity index (χ1n) is 10.5. The molecule has 1 aromatic carbocycles. The third-order valence-corrected chi connectivity index (χ3v) is 5.29. The van der Waals surface area contributed by atoms with E-state index in [1.807, 2.05) is 6.92 Å². The molecular formula is C22H32N4O2. The van der Waals surface area contributed by atoms with E-state index in [2.05, 4.69) is 52.6 Å². The predicted octanol–water partition coefficient (Wildman–Crippen LogP) is 3.34. The lowest BCUT2D eigenvalue weighted by Gasteiger charge is -2.33. The molecule has 1 aromatic heterocycles. The maximum Gasteiger partial charge on any atom is 0.309 e. The zero-order valence-corrected chi connectivity index (χ0v) is 17.0. The molecule has 1 aliphatic heterocycles. The maximum atomic E-state index is 11.9. The number of likely N-dealkylation sites (tertiary alicyclic amines) is 1. The number of carbonyl (C=O) groups excluding carboxylic acids is 1.